The van der Waals surface area contributed by atoms with Gasteiger partial charge < -0.3 is 10.2 Å². The van der Waals surface area contributed by atoms with Gasteiger partial charge in [-0.05, 0) is 48.8 Å². The highest BCUT2D eigenvalue weighted by Gasteiger charge is 2.42. The lowest BCUT2D eigenvalue weighted by Gasteiger charge is -2.41. The minimum absolute atomic E-state index is 0.0854. The van der Waals surface area contributed by atoms with Gasteiger partial charge in [-0.3, -0.25) is 9.59 Å². The minimum Gasteiger partial charge on any atom is -0.359 e. The third kappa shape index (κ3) is 4.75. The monoisotopic (exact) mass is 406 g/mol. The topological polar surface area (TPSA) is 49.4 Å². The van der Waals surface area contributed by atoms with E-state index in [2.05, 4.69) is 55.6 Å². The minimum atomic E-state index is -0.464. The van der Waals surface area contributed by atoms with Gasteiger partial charge in [0.15, 0.2) is 0 Å². The van der Waals surface area contributed by atoms with Crippen LogP contribution in [-0.4, -0.2) is 36.9 Å². The second-order valence-corrected chi connectivity index (χ2v) is 8.44. The number of hydrogen-bond donors (Lipinski definition) is 1. The van der Waals surface area contributed by atoms with Crippen LogP contribution in [0.1, 0.15) is 45.1 Å². The smallest absolute Gasteiger partial charge is 0.226 e. The number of hydrogen-bond acceptors (Lipinski definition) is 2. The third-order valence-corrected chi connectivity index (χ3v) is 6.65. The van der Waals surface area contributed by atoms with Crippen LogP contribution in [-0.2, 0) is 16.0 Å². The summed E-state index contributed by atoms with van der Waals surface area (Å²) in [5, 5.41) is 2.89. The average molecular weight is 407 g/mol. The Morgan fingerprint density at radius 1 is 0.967 bits per heavy atom. The Morgan fingerprint density at radius 2 is 1.60 bits per heavy atom. The number of amides is 2. The van der Waals surface area contributed by atoms with E-state index in [4.69, 9.17) is 0 Å². The molecule has 30 heavy (non-hydrogen) atoms. The van der Waals surface area contributed by atoms with Crippen molar-refractivity contribution in [3.05, 3.63) is 60.2 Å². The Balaban J connectivity index is 1.78. The van der Waals surface area contributed by atoms with Crippen molar-refractivity contribution in [3.63, 3.8) is 0 Å². The van der Waals surface area contributed by atoms with Gasteiger partial charge >= 0.3 is 0 Å². The summed E-state index contributed by atoms with van der Waals surface area (Å²) < 4.78 is 0. The van der Waals surface area contributed by atoms with Crippen molar-refractivity contribution < 1.29 is 9.59 Å². The van der Waals surface area contributed by atoms with Crippen LogP contribution in [0.25, 0.3) is 11.1 Å². The van der Waals surface area contributed by atoms with Gasteiger partial charge in [0, 0.05) is 26.1 Å². The number of carbonyl (C=O) groups excluding carboxylic acids is 2. The molecule has 1 aliphatic heterocycles. The average Bonchev–Trinajstić information content (AvgIpc) is 2.80. The second-order valence-electron chi connectivity index (χ2n) is 8.44. The Morgan fingerprint density at radius 3 is 2.20 bits per heavy atom. The van der Waals surface area contributed by atoms with Crippen LogP contribution in [0.15, 0.2) is 54.6 Å². The normalized spacial score (nSPS) is 15.8. The molecule has 160 valence electrons. The van der Waals surface area contributed by atoms with Crippen LogP contribution in [0.5, 0.6) is 0 Å². The van der Waals surface area contributed by atoms with E-state index in [-0.39, 0.29) is 17.7 Å². The van der Waals surface area contributed by atoms with Gasteiger partial charge in [0.2, 0.25) is 11.8 Å². The fourth-order valence-corrected chi connectivity index (χ4v) is 4.68. The number of likely N-dealkylation sites (tertiary alicyclic amines) is 1. The highest BCUT2D eigenvalue weighted by molar-refractivity contribution is 5.84. The first-order valence-corrected chi connectivity index (χ1v) is 11.2. The number of nitrogens with zero attached hydrogens (tertiary/aromatic N) is 1. The summed E-state index contributed by atoms with van der Waals surface area (Å²) in [6.07, 6.45) is 3.85. The third-order valence-electron chi connectivity index (χ3n) is 6.65. The number of rotatable bonds is 7. The van der Waals surface area contributed by atoms with Crippen LogP contribution >= 0.6 is 0 Å². The molecule has 3 rings (SSSR count). The summed E-state index contributed by atoms with van der Waals surface area (Å²) >= 11 is 0. The summed E-state index contributed by atoms with van der Waals surface area (Å²) in [5.41, 5.74) is 3.05. The van der Waals surface area contributed by atoms with Crippen molar-refractivity contribution in [2.75, 3.05) is 20.1 Å². The molecule has 0 saturated carbocycles. The van der Waals surface area contributed by atoms with E-state index in [0.29, 0.717) is 32.4 Å². The van der Waals surface area contributed by atoms with Crippen molar-refractivity contribution in [3.8, 4) is 11.1 Å². The molecule has 2 amide bonds. The number of benzene rings is 2. The van der Waals surface area contributed by atoms with Gasteiger partial charge in [0.25, 0.3) is 0 Å². The molecule has 1 aliphatic rings. The number of carbonyl (C=O) groups is 2. The maximum Gasteiger partial charge on any atom is 0.226 e. The molecule has 4 nitrogen and oxygen atoms in total. The van der Waals surface area contributed by atoms with Crippen molar-refractivity contribution >= 4 is 11.8 Å². The van der Waals surface area contributed by atoms with Gasteiger partial charge in [0.1, 0.15) is 0 Å². The lowest BCUT2D eigenvalue weighted by molar-refractivity contribution is -0.143. The Bertz CT molecular complexity index is 850. The van der Waals surface area contributed by atoms with Gasteiger partial charge in [-0.1, -0.05) is 68.4 Å². The molecular weight excluding hydrogens is 372 g/mol. The Kier molecular flexibility index (Phi) is 7.30. The highest BCUT2D eigenvalue weighted by Crippen LogP contribution is 2.37. The molecule has 1 saturated heterocycles. The zero-order valence-corrected chi connectivity index (χ0v) is 18.5. The first-order chi connectivity index (χ1) is 14.5. The second kappa shape index (κ2) is 9.92. The van der Waals surface area contributed by atoms with Gasteiger partial charge in [-0.2, -0.15) is 0 Å². The number of piperidine rings is 1. The number of nitrogens with one attached hydrogen (secondary N) is 1. The SMILES string of the molecule is CCC(CC)C(=O)N1CCC(Cc2cccc(-c3ccccc3)c2)(C(=O)NC)CC1. The molecule has 1 N–H and O–H groups in total. The van der Waals surface area contributed by atoms with Crippen LogP contribution in [0.2, 0.25) is 0 Å². The van der Waals surface area contributed by atoms with E-state index in [1.807, 2.05) is 23.1 Å². The van der Waals surface area contributed by atoms with Gasteiger partial charge in [0.05, 0.1) is 5.41 Å². The molecule has 2 aromatic carbocycles. The fourth-order valence-electron chi connectivity index (χ4n) is 4.68. The van der Waals surface area contributed by atoms with Gasteiger partial charge in [-0.25, -0.2) is 0 Å². The molecule has 2 aromatic rings. The predicted octanol–water partition coefficient (Wildman–Crippen LogP) is 4.69. The summed E-state index contributed by atoms with van der Waals surface area (Å²) in [7, 11) is 1.71. The van der Waals surface area contributed by atoms with Crippen molar-refractivity contribution in [1.29, 1.82) is 0 Å². The molecule has 0 aliphatic carbocycles. The molecule has 1 fully saturated rings. The Labute approximate surface area is 180 Å². The zero-order chi connectivity index (χ0) is 21.6. The first-order valence-electron chi connectivity index (χ1n) is 11.2. The summed E-state index contributed by atoms with van der Waals surface area (Å²) in [6, 6.07) is 18.8. The van der Waals surface area contributed by atoms with Gasteiger partial charge in [-0.15, -0.1) is 0 Å². The van der Waals surface area contributed by atoms with E-state index in [1.54, 1.807) is 7.05 Å². The van der Waals surface area contributed by atoms with Crippen molar-refractivity contribution in [2.45, 2.75) is 46.0 Å². The van der Waals surface area contributed by atoms with E-state index in [9.17, 15) is 9.59 Å². The van der Waals surface area contributed by atoms with Crippen LogP contribution in [0.3, 0.4) is 0 Å². The molecule has 0 aromatic heterocycles. The van der Waals surface area contributed by atoms with Crippen LogP contribution in [0.4, 0.5) is 0 Å². The van der Waals surface area contributed by atoms with E-state index < -0.39 is 5.41 Å². The van der Waals surface area contributed by atoms with Crippen LogP contribution in [0, 0.1) is 11.3 Å². The largest absolute Gasteiger partial charge is 0.359 e. The molecule has 0 unspecified atom stereocenters. The quantitative estimate of drug-likeness (QED) is 0.725. The van der Waals surface area contributed by atoms with Crippen LogP contribution < -0.4 is 5.32 Å². The molecular formula is C26H34N2O2. The molecule has 0 spiro atoms. The van der Waals surface area contributed by atoms with E-state index >= 15 is 0 Å². The molecule has 0 bridgehead atoms. The summed E-state index contributed by atoms with van der Waals surface area (Å²) in [5.74, 6) is 0.430. The molecule has 0 radical (unpaired) electrons. The molecule has 4 heteroatoms. The van der Waals surface area contributed by atoms with E-state index in [1.165, 1.54) is 16.7 Å². The lowest BCUT2D eigenvalue weighted by atomic mass is 9.72. The fraction of sp³-hybridized carbons (Fsp3) is 0.462. The Hall–Kier alpha value is -2.62. The standard InChI is InChI=1S/C26H34N2O2/c1-4-21(5-2)24(29)28-16-14-26(15-17-28,25(30)27-3)19-20-10-9-13-23(18-20)22-11-7-6-8-12-22/h6-13,18,21H,4-5,14-17,19H2,1-3H3,(H,27,30). The summed E-state index contributed by atoms with van der Waals surface area (Å²) in [6.45, 7) is 5.46. The summed E-state index contributed by atoms with van der Waals surface area (Å²) in [4.78, 5) is 27.7. The predicted molar refractivity (Wildman–Crippen MR) is 122 cm³/mol. The lowest BCUT2D eigenvalue weighted by Crippen LogP contribution is -2.51. The maximum atomic E-state index is 13.0. The maximum absolute atomic E-state index is 13.0. The van der Waals surface area contributed by atoms with Crippen molar-refractivity contribution in [1.82, 2.24) is 10.2 Å². The first kappa shape index (κ1) is 22.1. The van der Waals surface area contributed by atoms with Crippen molar-refractivity contribution in [2.24, 2.45) is 11.3 Å². The highest BCUT2D eigenvalue weighted by atomic mass is 16.2. The molecule has 1 heterocycles. The van der Waals surface area contributed by atoms with E-state index in [0.717, 1.165) is 12.8 Å². The molecule has 0 atom stereocenters. The zero-order valence-electron chi connectivity index (χ0n) is 18.5.